The predicted molar refractivity (Wildman–Crippen MR) is 136 cm³/mol. The topological polar surface area (TPSA) is 185 Å². The lowest BCUT2D eigenvalue weighted by Gasteiger charge is -2.71. The largest absolute Gasteiger partial charge is 0.493 e. The third kappa shape index (κ3) is 3.99. The fourth-order valence-corrected chi connectivity index (χ4v) is 9.17. The van der Waals surface area contributed by atoms with Crippen molar-refractivity contribution in [2.75, 3.05) is 20.8 Å². The van der Waals surface area contributed by atoms with Gasteiger partial charge in [-0.05, 0) is 31.3 Å². The van der Waals surface area contributed by atoms with Crippen molar-refractivity contribution >= 4 is 5.78 Å². The molecule has 5 aliphatic rings. The number of hydrogen-bond donors (Lipinski definition) is 6. The van der Waals surface area contributed by atoms with Gasteiger partial charge in [0, 0.05) is 36.2 Å². The molecule has 4 fully saturated rings. The first-order valence-electron chi connectivity index (χ1n) is 14.0. The lowest BCUT2D eigenvalue weighted by atomic mass is 9.37. The van der Waals surface area contributed by atoms with Gasteiger partial charge in [-0.1, -0.05) is 20.8 Å². The van der Waals surface area contributed by atoms with Crippen molar-refractivity contribution in [3.8, 4) is 0 Å². The summed E-state index contributed by atoms with van der Waals surface area (Å²) >= 11 is 0. The van der Waals surface area contributed by atoms with Crippen molar-refractivity contribution in [3.63, 3.8) is 0 Å². The molecule has 0 aromatic rings. The Morgan fingerprint density at radius 3 is 2.27 bits per heavy atom. The Morgan fingerprint density at radius 2 is 1.68 bits per heavy atom. The lowest BCUT2D eigenvalue weighted by molar-refractivity contribution is -0.392. The fraction of sp³-hybridized carbons (Fsp3) is 0.893. The molecular weight excluding hydrogens is 528 g/mol. The van der Waals surface area contributed by atoms with Crippen molar-refractivity contribution in [3.05, 3.63) is 11.8 Å². The van der Waals surface area contributed by atoms with Crippen molar-refractivity contribution in [1.29, 1.82) is 0 Å². The minimum Gasteiger partial charge on any atom is -0.493 e. The van der Waals surface area contributed by atoms with Gasteiger partial charge in [-0.15, -0.1) is 0 Å². The second-order valence-electron chi connectivity index (χ2n) is 12.9. The molecule has 16 atom stereocenters. The molecule has 2 saturated carbocycles. The standard InChI is InChI=1S/C28H44O12/c1-11-7-13(36-5)23(34)26(2)12(11)8-16-27(3)15(28(4,35)24(37-6)21(33)22(26)27)9-17(39-16)40-25-20(32)19(31)18(30)14(10-29)38-25/h7,11-12,14-22,24-25,29-33,35H,8-10H2,1-6H3/t11-,12+,14-,15-,16-,17+,18-,19+,20-,21+,22-,24-,25+,26+,27-,28+/m1/s1. The quantitative estimate of drug-likeness (QED) is 0.238. The van der Waals surface area contributed by atoms with Crippen molar-refractivity contribution < 1.29 is 59.1 Å². The maximum Gasteiger partial charge on any atom is 0.203 e. The van der Waals surface area contributed by atoms with Gasteiger partial charge in [-0.3, -0.25) is 4.79 Å². The molecule has 12 nitrogen and oxygen atoms in total. The molecule has 0 aromatic carbocycles. The molecule has 2 saturated heterocycles. The third-order valence-corrected chi connectivity index (χ3v) is 11.0. The van der Waals surface area contributed by atoms with Gasteiger partial charge in [-0.25, -0.2) is 0 Å². The molecule has 5 rings (SSSR count). The van der Waals surface area contributed by atoms with Gasteiger partial charge < -0.3 is 54.3 Å². The molecule has 0 spiro atoms. The number of Topliss-reactive ketones (excluding diaryl/α,β-unsaturated/α-hetero) is 1. The predicted octanol–water partition coefficient (Wildman–Crippen LogP) is -0.928. The zero-order valence-corrected chi connectivity index (χ0v) is 23.8. The normalized spacial score (nSPS) is 56.1. The van der Waals surface area contributed by atoms with Crippen LogP contribution in [0.3, 0.4) is 0 Å². The van der Waals surface area contributed by atoms with Crippen molar-refractivity contribution in [2.45, 2.75) is 101 Å². The van der Waals surface area contributed by atoms with Gasteiger partial charge in [0.2, 0.25) is 5.78 Å². The molecule has 2 aliphatic heterocycles. The van der Waals surface area contributed by atoms with E-state index in [-0.39, 0.29) is 29.8 Å². The average molecular weight is 573 g/mol. The summed E-state index contributed by atoms with van der Waals surface area (Å²) in [5, 5.41) is 64.4. The summed E-state index contributed by atoms with van der Waals surface area (Å²) in [4.78, 5) is 14.0. The van der Waals surface area contributed by atoms with Gasteiger partial charge >= 0.3 is 0 Å². The molecule has 0 amide bonds. The van der Waals surface area contributed by atoms with Crippen LogP contribution in [0.2, 0.25) is 0 Å². The van der Waals surface area contributed by atoms with E-state index in [2.05, 4.69) is 0 Å². The van der Waals surface area contributed by atoms with E-state index in [0.717, 1.165) is 0 Å². The number of carbonyl (C=O) groups excluding carboxylic acids is 1. The number of ether oxygens (including phenoxy) is 5. The molecule has 6 N–H and O–H groups in total. The van der Waals surface area contributed by atoms with E-state index in [0.29, 0.717) is 6.42 Å². The van der Waals surface area contributed by atoms with Crippen LogP contribution in [0.5, 0.6) is 0 Å². The van der Waals surface area contributed by atoms with E-state index in [4.69, 9.17) is 23.7 Å². The highest BCUT2D eigenvalue weighted by Crippen LogP contribution is 2.69. The monoisotopic (exact) mass is 572 g/mol. The maximum atomic E-state index is 14.0. The highest BCUT2D eigenvalue weighted by atomic mass is 16.8. The van der Waals surface area contributed by atoms with E-state index < -0.39 is 90.2 Å². The maximum absolute atomic E-state index is 14.0. The van der Waals surface area contributed by atoms with E-state index in [1.165, 1.54) is 14.2 Å². The van der Waals surface area contributed by atoms with Gasteiger partial charge in [0.05, 0.1) is 31.5 Å². The Balaban J connectivity index is 1.55. The molecule has 228 valence electrons. The SMILES string of the molecule is COC1=C[C@@H](C)[C@@H]2C[C@H]3O[C@@H](O[C@@H]4O[C@H](CO)[C@@H](O)[C@H](O)[C@H]4O)C[C@H]4[C@](C)(O)[C@H](OC)[C@@H](O)[C@H]([C@@]2(C)C1=O)[C@@]34C. The molecule has 0 aromatic heterocycles. The number of aliphatic hydroxyl groups is 6. The summed E-state index contributed by atoms with van der Waals surface area (Å²) in [6, 6.07) is 0. The number of aliphatic hydroxyl groups excluding tert-OH is 5. The number of methoxy groups -OCH3 is 2. The van der Waals surface area contributed by atoms with Crippen LogP contribution in [0.15, 0.2) is 11.8 Å². The minimum atomic E-state index is -1.62. The molecular formula is C28H44O12. The molecule has 40 heavy (non-hydrogen) atoms. The molecule has 0 radical (unpaired) electrons. The molecule has 0 bridgehead atoms. The van der Waals surface area contributed by atoms with Crippen LogP contribution in [0.1, 0.15) is 40.5 Å². The van der Waals surface area contributed by atoms with E-state index in [1.54, 1.807) is 13.0 Å². The molecule has 2 heterocycles. The fourth-order valence-electron chi connectivity index (χ4n) is 9.17. The summed E-state index contributed by atoms with van der Waals surface area (Å²) in [7, 11) is 2.87. The Labute approximate surface area is 233 Å². The number of rotatable bonds is 5. The molecule has 12 heteroatoms. The molecule has 3 aliphatic carbocycles. The van der Waals surface area contributed by atoms with E-state index in [9.17, 15) is 35.4 Å². The molecule has 0 unspecified atom stereocenters. The van der Waals surface area contributed by atoms with Crippen LogP contribution >= 0.6 is 0 Å². The highest BCUT2D eigenvalue weighted by molar-refractivity contribution is 5.99. The van der Waals surface area contributed by atoms with Crippen LogP contribution in [0.4, 0.5) is 0 Å². The number of fused-ring (bicyclic) bond motifs is 2. The van der Waals surface area contributed by atoms with Crippen LogP contribution in [-0.2, 0) is 28.5 Å². The smallest absolute Gasteiger partial charge is 0.203 e. The van der Waals surface area contributed by atoms with Gasteiger partial charge in [-0.2, -0.15) is 0 Å². The van der Waals surface area contributed by atoms with Gasteiger partial charge in [0.15, 0.2) is 18.3 Å². The van der Waals surface area contributed by atoms with Crippen LogP contribution < -0.4 is 0 Å². The summed E-state index contributed by atoms with van der Waals surface area (Å²) in [5.41, 5.74) is -3.50. The zero-order valence-electron chi connectivity index (χ0n) is 23.8. The zero-order chi connectivity index (χ0) is 29.5. The first-order valence-corrected chi connectivity index (χ1v) is 14.0. The van der Waals surface area contributed by atoms with Gasteiger partial charge in [0.25, 0.3) is 0 Å². The number of hydrogen-bond acceptors (Lipinski definition) is 12. The van der Waals surface area contributed by atoms with Crippen LogP contribution in [0, 0.1) is 34.5 Å². The van der Waals surface area contributed by atoms with Crippen LogP contribution in [0.25, 0.3) is 0 Å². The Kier molecular flexibility index (Phi) is 7.73. The minimum absolute atomic E-state index is 0.0911. The summed E-state index contributed by atoms with van der Waals surface area (Å²) in [6.07, 6.45) is -8.85. The number of allylic oxidation sites excluding steroid dienone is 2. The summed E-state index contributed by atoms with van der Waals surface area (Å²) < 4.78 is 29.3. The first-order chi connectivity index (χ1) is 18.7. The van der Waals surface area contributed by atoms with E-state index in [1.807, 2.05) is 20.8 Å². The second kappa shape index (κ2) is 10.2. The third-order valence-electron chi connectivity index (χ3n) is 11.0. The highest BCUT2D eigenvalue weighted by Gasteiger charge is 2.75. The Hall–Kier alpha value is -1.19. The summed E-state index contributed by atoms with van der Waals surface area (Å²) in [6.45, 7) is 6.80. The van der Waals surface area contributed by atoms with Crippen molar-refractivity contribution in [1.82, 2.24) is 0 Å². The summed E-state index contributed by atoms with van der Waals surface area (Å²) in [5.74, 6) is -1.53. The van der Waals surface area contributed by atoms with Crippen LogP contribution in [-0.4, -0.2) is 118 Å². The second-order valence-corrected chi connectivity index (χ2v) is 12.9. The van der Waals surface area contributed by atoms with Gasteiger partial charge in [0.1, 0.15) is 30.5 Å². The lowest BCUT2D eigenvalue weighted by Crippen LogP contribution is -2.78. The first kappa shape index (κ1) is 30.3. The Bertz CT molecular complexity index is 1020. The number of ketones is 1. The average Bonchev–Trinajstić information content (AvgIpc) is 2.89. The van der Waals surface area contributed by atoms with Crippen molar-refractivity contribution in [2.24, 2.45) is 34.5 Å². The van der Waals surface area contributed by atoms with E-state index >= 15 is 0 Å². The number of carbonyl (C=O) groups is 1. The Morgan fingerprint density at radius 1 is 1.00 bits per heavy atom.